The van der Waals surface area contributed by atoms with E-state index in [0.29, 0.717) is 18.0 Å². The maximum Gasteiger partial charge on any atom is 0.335 e. The minimum absolute atomic E-state index is 0.0470. The minimum atomic E-state index is -0.187. The molecule has 1 aromatic carbocycles. The third-order valence-corrected chi connectivity index (χ3v) is 3.32. The zero-order valence-corrected chi connectivity index (χ0v) is 10.1. The van der Waals surface area contributed by atoms with Gasteiger partial charge in [-0.3, -0.25) is 4.57 Å². The van der Waals surface area contributed by atoms with Crippen LogP contribution < -0.4 is 10.4 Å². The van der Waals surface area contributed by atoms with Crippen molar-refractivity contribution < 1.29 is 9.84 Å². The third kappa shape index (κ3) is 1.44. The van der Waals surface area contributed by atoms with Gasteiger partial charge in [-0.25, -0.2) is 9.36 Å². The number of rotatable bonds is 2. The Morgan fingerprint density at radius 3 is 2.94 bits per heavy atom. The highest BCUT2D eigenvalue weighted by Gasteiger charge is 2.23. The summed E-state index contributed by atoms with van der Waals surface area (Å²) < 4.78 is 8.09. The fraction of sp³-hybridized carbons (Fsp3) is 0.308. The summed E-state index contributed by atoms with van der Waals surface area (Å²) in [6, 6.07) is 7.11. The minimum Gasteiger partial charge on any atom is -0.497 e. The van der Waals surface area contributed by atoms with E-state index in [9.17, 15) is 9.90 Å². The molecule has 3 rings (SSSR count). The average Bonchev–Trinajstić information content (AvgIpc) is 2.95. The van der Waals surface area contributed by atoms with E-state index in [1.807, 2.05) is 0 Å². The van der Waals surface area contributed by atoms with Crippen LogP contribution in [-0.2, 0) is 13.0 Å². The quantitative estimate of drug-likeness (QED) is 0.869. The molecule has 2 heterocycles. The molecule has 0 saturated heterocycles. The standard InChI is InChI=1S/C13H14N2O3/c1-18-10-5-2-4-9(8-10)15-12(16)11-6-3-7-14(11)13(15)17/h2,4-5,8,16H,3,6-7H2,1H3. The number of hydrogen-bond donors (Lipinski definition) is 1. The van der Waals surface area contributed by atoms with Crippen LogP contribution in [0.2, 0.25) is 0 Å². The zero-order valence-electron chi connectivity index (χ0n) is 10.1. The number of aromatic nitrogens is 2. The van der Waals surface area contributed by atoms with Crippen LogP contribution in [0.15, 0.2) is 29.1 Å². The van der Waals surface area contributed by atoms with Crippen molar-refractivity contribution >= 4 is 0 Å². The lowest BCUT2D eigenvalue weighted by molar-refractivity contribution is 0.413. The second-order valence-electron chi connectivity index (χ2n) is 4.34. The molecule has 2 aromatic rings. The van der Waals surface area contributed by atoms with Crippen LogP contribution in [0.4, 0.5) is 0 Å². The monoisotopic (exact) mass is 246 g/mol. The van der Waals surface area contributed by atoms with Gasteiger partial charge in [-0.15, -0.1) is 0 Å². The molecular weight excluding hydrogens is 232 g/mol. The molecule has 0 atom stereocenters. The van der Waals surface area contributed by atoms with Gasteiger partial charge in [-0.05, 0) is 25.0 Å². The summed E-state index contributed by atoms with van der Waals surface area (Å²) >= 11 is 0. The fourth-order valence-electron chi connectivity index (χ4n) is 2.44. The molecule has 0 saturated carbocycles. The second kappa shape index (κ2) is 3.94. The number of methoxy groups -OCH3 is 1. The maximum absolute atomic E-state index is 12.2. The maximum atomic E-state index is 12.2. The lowest BCUT2D eigenvalue weighted by Crippen LogP contribution is -2.22. The van der Waals surface area contributed by atoms with Crippen molar-refractivity contribution in [2.45, 2.75) is 19.4 Å². The molecular formula is C13H14N2O3. The van der Waals surface area contributed by atoms with Crippen LogP contribution in [0, 0.1) is 0 Å². The van der Waals surface area contributed by atoms with E-state index in [2.05, 4.69) is 0 Å². The topological polar surface area (TPSA) is 56.4 Å². The number of ether oxygens (including phenoxy) is 1. The second-order valence-corrected chi connectivity index (χ2v) is 4.34. The van der Waals surface area contributed by atoms with Gasteiger partial charge >= 0.3 is 5.69 Å². The normalized spacial score (nSPS) is 13.6. The van der Waals surface area contributed by atoms with Crippen LogP contribution in [0.3, 0.4) is 0 Å². The van der Waals surface area contributed by atoms with E-state index in [1.165, 1.54) is 4.57 Å². The number of imidazole rings is 1. The lowest BCUT2D eigenvalue weighted by atomic mass is 10.3. The van der Waals surface area contributed by atoms with E-state index >= 15 is 0 Å². The molecule has 94 valence electrons. The highest BCUT2D eigenvalue weighted by molar-refractivity contribution is 5.43. The number of hydrogen-bond acceptors (Lipinski definition) is 3. The Labute approximate surface area is 104 Å². The van der Waals surface area contributed by atoms with Crippen molar-refractivity contribution in [2.75, 3.05) is 7.11 Å². The lowest BCUT2D eigenvalue weighted by Gasteiger charge is -2.06. The molecule has 0 unspecified atom stereocenters. The molecule has 18 heavy (non-hydrogen) atoms. The van der Waals surface area contributed by atoms with Crippen LogP contribution in [0.5, 0.6) is 11.6 Å². The van der Waals surface area contributed by atoms with Gasteiger partial charge in [0.05, 0.1) is 18.5 Å². The summed E-state index contributed by atoms with van der Waals surface area (Å²) in [5.74, 6) is 0.705. The first-order valence-corrected chi connectivity index (χ1v) is 5.90. The zero-order chi connectivity index (χ0) is 12.7. The van der Waals surface area contributed by atoms with Crippen molar-refractivity contribution in [1.29, 1.82) is 0 Å². The predicted octanol–water partition coefficient (Wildman–Crippen LogP) is 1.30. The highest BCUT2D eigenvalue weighted by Crippen LogP contribution is 2.27. The van der Waals surface area contributed by atoms with Gasteiger partial charge in [0, 0.05) is 12.6 Å². The molecule has 0 spiro atoms. The molecule has 0 radical (unpaired) electrons. The van der Waals surface area contributed by atoms with Crippen LogP contribution in [-0.4, -0.2) is 21.4 Å². The summed E-state index contributed by atoms with van der Waals surface area (Å²) in [6.45, 7) is 0.679. The Morgan fingerprint density at radius 1 is 1.39 bits per heavy atom. The summed E-state index contributed by atoms with van der Waals surface area (Å²) in [5.41, 5.74) is 1.16. The molecule has 0 fully saturated rings. The smallest absolute Gasteiger partial charge is 0.335 e. The summed E-state index contributed by atoms with van der Waals surface area (Å²) in [4.78, 5) is 12.2. The number of fused-ring (bicyclic) bond motifs is 1. The van der Waals surface area contributed by atoms with E-state index in [0.717, 1.165) is 18.5 Å². The number of aromatic hydroxyl groups is 1. The predicted molar refractivity (Wildman–Crippen MR) is 66.6 cm³/mol. The van der Waals surface area contributed by atoms with Gasteiger partial charge in [-0.1, -0.05) is 6.07 Å². The van der Waals surface area contributed by atoms with Gasteiger partial charge in [-0.2, -0.15) is 0 Å². The Balaban J connectivity index is 2.21. The number of nitrogens with zero attached hydrogens (tertiary/aromatic N) is 2. The van der Waals surface area contributed by atoms with Gasteiger partial charge in [0.25, 0.3) is 0 Å². The molecule has 5 heteroatoms. The van der Waals surface area contributed by atoms with Crippen molar-refractivity contribution in [2.24, 2.45) is 0 Å². The highest BCUT2D eigenvalue weighted by atomic mass is 16.5. The van der Waals surface area contributed by atoms with Gasteiger partial charge in [0.1, 0.15) is 5.75 Å². The average molecular weight is 246 g/mol. The Hall–Kier alpha value is -2.17. The van der Waals surface area contributed by atoms with E-state index in [4.69, 9.17) is 4.74 Å². The molecule has 1 aliphatic heterocycles. The Bertz CT molecular complexity index is 655. The third-order valence-electron chi connectivity index (χ3n) is 3.32. The van der Waals surface area contributed by atoms with Gasteiger partial charge in [0.15, 0.2) is 0 Å². The molecule has 0 bridgehead atoms. The molecule has 0 amide bonds. The fourth-order valence-corrected chi connectivity index (χ4v) is 2.44. The summed E-state index contributed by atoms with van der Waals surface area (Å²) in [7, 11) is 1.57. The first-order valence-electron chi connectivity index (χ1n) is 5.90. The molecule has 1 N–H and O–H groups in total. The van der Waals surface area contributed by atoms with Crippen LogP contribution in [0.25, 0.3) is 5.69 Å². The van der Waals surface area contributed by atoms with Gasteiger partial charge in [0.2, 0.25) is 5.88 Å². The molecule has 5 nitrogen and oxygen atoms in total. The first kappa shape index (κ1) is 11.0. The molecule has 1 aliphatic rings. The first-order chi connectivity index (χ1) is 8.72. The van der Waals surface area contributed by atoms with Crippen molar-refractivity contribution in [3.8, 4) is 17.3 Å². The largest absolute Gasteiger partial charge is 0.497 e. The molecule has 0 aliphatic carbocycles. The molecule has 1 aromatic heterocycles. The Kier molecular flexibility index (Phi) is 2.40. The Morgan fingerprint density at radius 2 is 2.22 bits per heavy atom. The van der Waals surface area contributed by atoms with E-state index in [1.54, 1.807) is 35.9 Å². The number of benzene rings is 1. The van der Waals surface area contributed by atoms with E-state index < -0.39 is 0 Å². The van der Waals surface area contributed by atoms with E-state index in [-0.39, 0.29) is 11.6 Å². The van der Waals surface area contributed by atoms with Crippen LogP contribution >= 0.6 is 0 Å². The van der Waals surface area contributed by atoms with Gasteiger partial charge < -0.3 is 9.84 Å². The summed E-state index contributed by atoms with van der Waals surface area (Å²) in [6.07, 6.45) is 1.66. The van der Waals surface area contributed by atoms with Crippen molar-refractivity contribution in [3.05, 3.63) is 40.4 Å². The SMILES string of the molecule is COc1cccc(-n2c(O)c3n(c2=O)CCC3)c1. The van der Waals surface area contributed by atoms with Crippen molar-refractivity contribution in [1.82, 2.24) is 9.13 Å². The summed E-state index contributed by atoms with van der Waals surface area (Å²) in [5, 5.41) is 10.1. The van der Waals surface area contributed by atoms with Crippen LogP contribution in [0.1, 0.15) is 12.1 Å². The van der Waals surface area contributed by atoms with Crippen molar-refractivity contribution in [3.63, 3.8) is 0 Å².